The van der Waals surface area contributed by atoms with Crippen LogP contribution in [-0.2, 0) is 17.6 Å². The van der Waals surface area contributed by atoms with Gasteiger partial charge in [-0.15, -0.1) is 0 Å². The van der Waals surface area contributed by atoms with Gasteiger partial charge in [0.15, 0.2) is 0 Å². The van der Waals surface area contributed by atoms with Gasteiger partial charge in [0.2, 0.25) is 5.91 Å². The number of rotatable bonds is 2. The number of nitrogens with zero attached hydrogens (tertiary/aromatic N) is 3. The summed E-state index contributed by atoms with van der Waals surface area (Å²) in [7, 11) is 0. The van der Waals surface area contributed by atoms with Crippen molar-refractivity contribution >= 4 is 5.91 Å². The van der Waals surface area contributed by atoms with E-state index in [1.807, 2.05) is 18.3 Å². The van der Waals surface area contributed by atoms with Crippen molar-refractivity contribution in [1.29, 1.82) is 0 Å². The van der Waals surface area contributed by atoms with E-state index < -0.39 is 0 Å². The van der Waals surface area contributed by atoms with Crippen LogP contribution in [0, 0.1) is 5.92 Å². The molecule has 0 bridgehead atoms. The third-order valence-electron chi connectivity index (χ3n) is 5.42. The van der Waals surface area contributed by atoms with Crippen LogP contribution in [0.1, 0.15) is 43.4 Å². The molecule has 24 heavy (non-hydrogen) atoms. The summed E-state index contributed by atoms with van der Waals surface area (Å²) in [6, 6.07) is 3.98. The van der Waals surface area contributed by atoms with E-state index >= 15 is 0 Å². The molecule has 0 saturated heterocycles. The smallest absolute Gasteiger partial charge is 0.225 e. The van der Waals surface area contributed by atoms with Gasteiger partial charge in [-0.05, 0) is 31.4 Å². The zero-order valence-corrected chi connectivity index (χ0v) is 14.0. The minimum absolute atomic E-state index is 0.256. The lowest BCUT2D eigenvalue weighted by Gasteiger charge is -2.28. The molecular formula is C19H24N4O. The molecule has 1 amide bonds. The summed E-state index contributed by atoms with van der Waals surface area (Å²) < 4.78 is 0. The van der Waals surface area contributed by atoms with E-state index in [9.17, 15) is 4.79 Å². The molecule has 4 rings (SSSR count). The third kappa shape index (κ3) is 2.95. The standard InChI is InChI=1S/C19H24N4O/c24-19(14-5-2-1-3-6-14)23-11-8-16-17(9-12-23)21-22-18(16)15-7-4-10-20-13-15/h4,7,10,13-14H,1-3,5-6,8-9,11-12H2,(H,21,22). The van der Waals surface area contributed by atoms with Gasteiger partial charge in [-0.25, -0.2) is 0 Å². The Morgan fingerprint density at radius 3 is 2.79 bits per heavy atom. The molecule has 0 spiro atoms. The van der Waals surface area contributed by atoms with E-state index in [4.69, 9.17) is 0 Å². The predicted molar refractivity (Wildman–Crippen MR) is 92.4 cm³/mol. The Labute approximate surface area is 142 Å². The molecule has 0 unspecified atom stereocenters. The molecule has 1 N–H and O–H groups in total. The number of H-pyrrole nitrogens is 1. The lowest BCUT2D eigenvalue weighted by Crippen LogP contribution is -2.38. The van der Waals surface area contributed by atoms with Gasteiger partial charge in [0.25, 0.3) is 0 Å². The Bertz CT molecular complexity index is 703. The molecule has 1 aliphatic heterocycles. The van der Waals surface area contributed by atoms with Crippen LogP contribution in [-0.4, -0.2) is 39.1 Å². The van der Waals surface area contributed by atoms with E-state index in [1.54, 1.807) is 6.20 Å². The molecule has 0 radical (unpaired) electrons. The number of pyridine rings is 1. The summed E-state index contributed by atoms with van der Waals surface area (Å²) in [5.74, 6) is 0.627. The van der Waals surface area contributed by atoms with Crippen molar-refractivity contribution in [3.63, 3.8) is 0 Å². The van der Waals surface area contributed by atoms with Crippen molar-refractivity contribution < 1.29 is 4.79 Å². The minimum Gasteiger partial charge on any atom is -0.342 e. The maximum absolute atomic E-state index is 12.8. The molecular weight excluding hydrogens is 300 g/mol. The van der Waals surface area contributed by atoms with Gasteiger partial charge in [0.1, 0.15) is 0 Å². The van der Waals surface area contributed by atoms with Crippen molar-refractivity contribution in [3.05, 3.63) is 35.8 Å². The van der Waals surface area contributed by atoms with Gasteiger partial charge < -0.3 is 4.90 Å². The molecule has 2 aromatic rings. The van der Waals surface area contributed by atoms with Gasteiger partial charge in [0, 0.05) is 54.6 Å². The number of amides is 1. The Hall–Kier alpha value is -2.17. The lowest BCUT2D eigenvalue weighted by molar-refractivity contribution is -0.136. The fourth-order valence-corrected chi connectivity index (χ4v) is 4.05. The van der Waals surface area contributed by atoms with Gasteiger partial charge >= 0.3 is 0 Å². The number of hydrogen-bond acceptors (Lipinski definition) is 3. The van der Waals surface area contributed by atoms with E-state index in [0.29, 0.717) is 5.91 Å². The topological polar surface area (TPSA) is 61.9 Å². The second-order valence-corrected chi connectivity index (χ2v) is 6.93. The second kappa shape index (κ2) is 6.75. The SMILES string of the molecule is O=C(C1CCCCC1)N1CCc2[nH]nc(-c3cccnc3)c2CC1. The molecule has 126 valence electrons. The first-order chi connectivity index (χ1) is 11.8. The molecule has 0 aromatic carbocycles. The molecule has 0 atom stereocenters. The van der Waals surface area contributed by atoms with Crippen LogP contribution >= 0.6 is 0 Å². The van der Waals surface area contributed by atoms with Crippen LogP contribution in [0.4, 0.5) is 0 Å². The first-order valence-electron chi connectivity index (χ1n) is 9.08. The second-order valence-electron chi connectivity index (χ2n) is 6.93. The summed E-state index contributed by atoms with van der Waals surface area (Å²) in [4.78, 5) is 19.1. The molecule has 1 fully saturated rings. The maximum atomic E-state index is 12.8. The fraction of sp³-hybridized carbons (Fsp3) is 0.526. The van der Waals surface area contributed by atoms with E-state index in [-0.39, 0.29) is 5.92 Å². The summed E-state index contributed by atoms with van der Waals surface area (Å²) >= 11 is 0. The molecule has 5 heteroatoms. The molecule has 3 heterocycles. The normalized spacial score (nSPS) is 18.9. The highest BCUT2D eigenvalue weighted by molar-refractivity contribution is 5.79. The first-order valence-corrected chi connectivity index (χ1v) is 9.08. The summed E-state index contributed by atoms with van der Waals surface area (Å²) in [5.41, 5.74) is 4.46. The van der Waals surface area contributed by atoms with E-state index in [2.05, 4.69) is 20.1 Å². The summed E-state index contributed by atoms with van der Waals surface area (Å²) in [6.45, 7) is 1.60. The minimum atomic E-state index is 0.256. The van der Waals surface area contributed by atoms with E-state index in [1.165, 1.54) is 30.5 Å². The number of hydrogen-bond donors (Lipinski definition) is 1. The van der Waals surface area contributed by atoms with Crippen molar-refractivity contribution in [2.45, 2.75) is 44.9 Å². The monoisotopic (exact) mass is 324 g/mol. The number of fused-ring (bicyclic) bond motifs is 1. The number of aromatic amines is 1. The zero-order valence-electron chi connectivity index (χ0n) is 14.0. The number of aromatic nitrogens is 3. The average Bonchev–Trinajstić information content (AvgIpc) is 2.94. The van der Waals surface area contributed by atoms with Crippen LogP contribution in [0.15, 0.2) is 24.5 Å². The number of carbonyl (C=O) groups is 1. The number of carbonyl (C=O) groups excluding carboxylic acids is 1. The molecule has 2 aromatic heterocycles. The van der Waals surface area contributed by atoms with Gasteiger partial charge in [-0.1, -0.05) is 19.3 Å². The first kappa shape index (κ1) is 15.4. The highest BCUT2D eigenvalue weighted by Gasteiger charge is 2.28. The predicted octanol–water partition coefficient (Wildman–Crippen LogP) is 2.98. The molecule has 2 aliphatic rings. The fourth-order valence-electron chi connectivity index (χ4n) is 4.05. The van der Waals surface area contributed by atoms with Crippen LogP contribution in [0.5, 0.6) is 0 Å². The van der Waals surface area contributed by atoms with Crippen molar-refractivity contribution in [2.24, 2.45) is 5.92 Å². The van der Waals surface area contributed by atoms with E-state index in [0.717, 1.165) is 50.0 Å². The Kier molecular flexibility index (Phi) is 4.32. The van der Waals surface area contributed by atoms with Gasteiger partial charge in [-0.3, -0.25) is 14.9 Å². The van der Waals surface area contributed by atoms with Crippen LogP contribution < -0.4 is 0 Å². The van der Waals surface area contributed by atoms with Crippen LogP contribution in [0.25, 0.3) is 11.3 Å². The third-order valence-corrected chi connectivity index (χ3v) is 5.42. The molecule has 1 saturated carbocycles. The lowest BCUT2D eigenvalue weighted by atomic mass is 9.88. The largest absolute Gasteiger partial charge is 0.342 e. The van der Waals surface area contributed by atoms with Crippen molar-refractivity contribution in [2.75, 3.05) is 13.1 Å². The quantitative estimate of drug-likeness (QED) is 0.924. The summed E-state index contributed by atoms with van der Waals surface area (Å²) in [5, 5.41) is 7.69. The van der Waals surface area contributed by atoms with Gasteiger partial charge in [0.05, 0.1) is 5.69 Å². The molecule has 5 nitrogen and oxygen atoms in total. The van der Waals surface area contributed by atoms with Crippen molar-refractivity contribution in [1.82, 2.24) is 20.1 Å². The number of nitrogens with one attached hydrogen (secondary N) is 1. The molecule has 1 aliphatic carbocycles. The van der Waals surface area contributed by atoms with Gasteiger partial charge in [-0.2, -0.15) is 5.10 Å². The Balaban J connectivity index is 1.50. The Morgan fingerprint density at radius 2 is 2.00 bits per heavy atom. The highest BCUT2D eigenvalue weighted by atomic mass is 16.2. The average molecular weight is 324 g/mol. The summed E-state index contributed by atoms with van der Waals surface area (Å²) in [6.07, 6.45) is 11.2. The van der Waals surface area contributed by atoms with Crippen molar-refractivity contribution in [3.8, 4) is 11.3 Å². The highest BCUT2D eigenvalue weighted by Crippen LogP contribution is 2.29. The Morgan fingerprint density at radius 1 is 1.17 bits per heavy atom. The maximum Gasteiger partial charge on any atom is 0.225 e. The van der Waals surface area contributed by atoms with Crippen LogP contribution in [0.3, 0.4) is 0 Å². The zero-order chi connectivity index (χ0) is 16.4. The van der Waals surface area contributed by atoms with Crippen LogP contribution in [0.2, 0.25) is 0 Å².